The van der Waals surface area contributed by atoms with E-state index in [1.165, 1.54) is 12.1 Å². The van der Waals surface area contributed by atoms with Gasteiger partial charge >= 0.3 is 0 Å². The monoisotopic (exact) mass is 294 g/mol. The zero-order chi connectivity index (χ0) is 15.0. The summed E-state index contributed by atoms with van der Waals surface area (Å²) in [6.07, 6.45) is 4.07. The van der Waals surface area contributed by atoms with Gasteiger partial charge in [0.05, 0.1) is 5.56 Å². The molecule has 2 saturated heterocycles. The number of halogens is 2. The highest BCUT2D eigenvalue weighted by molar-refractivity contribution is 5.95. The van der Waals surface area contributed by atoms with E-state index in [4.69, 9.17) is 0 Å². The summed E-state index contributed by atoms with van der Waals surface area (Å²) in [5, 5.41) is 0. The minimum Gasteiger partial charge on any atom is -0.334 e. The fourth-order valence-corrected chi connectivity index (χ4v) is 3.69. The molecule has 2 atom stereocenters. The molecule has 0 radical (unpaired) electrons. The third-order valence-corrected chi connectivity index (χ3v) is 4.76. The van der Waals surface area contributed by atoms with Crippen LogP contribution in [0.1, 0.15) is 36.0 Å². The first-order chi connectivity index (χ1) is 10.1. The number of likely N-dealkylation sites (N-methyl/N-ethyl adjacent to an activating group) is 1. The molecule has 2 aliphatic rings. The highest BCUT2D eigenvalue weighted by Gasteiger charge is 2.39. The predicted octanol–water partition coefficient (Wildman–Crippen LogP) is 2.66. The Morgan fingerprint density at radius 3 is 2.57 bits per heavy atom. The van der Waals surface area contributed by atoms with Crippen molar-refractivity contribution in [3.8, 4) is 0 Å². The Hall–Kier alpha value is -1.49. The minimum absolute atomic E-state index is 0.118. The molecule has 0 saturated carbocycles. The van der Waals surface area contributed by atoms with E-state index in [1.807, 2.05) is 0 Å². The molecule has 1 aromatic rings. The average molecular weight is 294 g/mol. The number of benzene rings is 1. The van der Waals surface area contributed by atoms with Gasteiger partial charge in [0.2, 0.25) is 0 Å². The molecule has 2 aliphatic heterocycles. The van der Waals surface area contributed by atoms with Crippen LogP contribution in [0.5, 0.6) is 0 Å². The first kappa shape index (κ1) is 14.4. The van der Waals surface area contributed by atoms with E-state index in [-0.39, 0.29) is 17.5 Å². The zero-order valence-corrected chi connectivity index (χ0v) is 12.2. The van der Waals surface area contributed by atoms with Gasteiger partial charge in [-0.3, -0.25) is 4.79 Å². The topological polar surface area (TPSA) is 23.6 Å². The maximum atomic E-state index is 13.9. The summed E-state index contributed by atoms with van der Waals surface area (Å²) >= 11 is 0. The summed E-state index contributed by atoms with van der Waals surface area (Å²) < 4.78 is 27.2. The molecule has 0 unspecified atom stereocenters. The maximum absolute atomic E-state index is 13.9. The van der Waals surface area contributed by atoms with Crippen LogP contribution in [0.2, 0.25) is 0 Å². The van der Waals surface area contributed by atoms with Crippen molar-refractivity contribution < 1.29 is 13.6 Å². The lowest BCUT2D eigenvalue weighted by molar-refractivity contribution is 0.0658. The summed E-state index contributed by atoms with van der Waals surface area (Å²) in [6.45, 7) is 1.67. The summed E-state index contributed by atoms with van der Waals surface area (Å²) in [6, 6.07) is 4.26. The molecule has 3 rings (SSSR count). The van der Waals surface area contributed by atoms with Crippen molar-refractivity contribution in [2.75, 3.05) is 20.1 Å². The van der Waals surface area contributed by atoms with Crippen LogP contribution in [0.15, 0.2) is 18.2 Å². The van der Waals surface area contributed by atoms with Gasteiger partial charge in [-0.15, -0.1) is 0 Å². The van der Waals surface area contributed by atoms with Crippen LogP contribution in [-0.2, 0) is 0 Å². The maximum Gasteiger partial charge on any atom is 0.257 e. The van der Waals surface area contributed by atoms with E-state index < -0.39 is 11.6 Å². The number of carbonyl (C=O) groups is 1. The van der Waals surface area contributed by atoms with Crippen molar-refractivity contribution >= 4 is 5.91 Å². The van der Waals surface area contributed by atoms with Crippen molar-refractivity contribution in [1.82, 2.24) is 9.80 Å². The molecule has 0 aliphatic carbocycles. The third-order valence-electron chi connectivity index (χ3n) is 4.76. The fourth-order valence-electron chi connectivity index (χ4n) is 3.69. The van der Waals surface area contributed by atoms with Crippen LogP contribution in [0.25, 0.3) is 0 Å². The smallest absolute Gasteiger partial charge is 0.257 e. The van der Waals surface area contributed by atoms with Gasteiger partial charge in [0.15, 0.2) is 11.6 Å². The Balaban J connectivity index is 1.84. The van der Waals surface area contributed by atoms with E-state index >= 15 is 0 Å². The van der Waals surface area contributed by atoms with Gasteiger partial charge in [-0.2, -0.15) is 0 Å². The average Bonchev–Trinajstić information content (AvgIpc) is 3.09. The SMILES string of the molecule is CN1CCC[C@@H]1[C@@H]1CCCN1C(=O)c1cccc(F)c1F. The van der Waals surface area contributed by atoms with Crippen LogP contribution in [0, 0.1) is 11.6 Å². The van der Waals surface area contributed by atoms with E-state index in [0.717, 1.165) is 38.3 Å². The van der Waals surface area contributed by atoms with Crippen molar-refractivity contribution in [3.05, 3.63) is 35.4 Å². The Bertz CT molecular complexity index is 549. The number of nitrogens with zero attached hydrogens (tertiary/aromatic N) is 2. The zero-order valence-electron chi connectivity index (χ0n) is 12.2. The lowest BCUT2D eigenvalue weighted by Crippen LogP contribution is -2.47. The summed E-state index contributed by atoms with van der Waals surface area (Å²) in [7, 11) is 2.07. The van der Waals surface area contributed by atoms with Crippen molar-refractivity contribution in [2.24, 2.45) is 0 Å². The second-order valence-electron chi connectivity index (χ2n) is 6.00. The first-order valence-electron chi connectivity index (χ1n) is 7.55. The standard InChI is InChI=1S/C16H20F2N2O/c1-19-9-3-7-13(19)14-8-4-10-20(14)16(21)11-5-2-6-12(17)15(11)18/h2,5-6,13-14H,3-4,7-10H2,1H3/t13-,14+/m1/s1. The highest BCUT2D eigenvalue weighted by Crippen LogP contribution is 2.30. The van der Waals surface area contributed by atoms with E-state index in [0.29, 0.717) is 12.6 Å². The van der Waals surface area contributed by atoms with Crippen LogP contribution >= 0.6 is 0 Å². The lowest BCUT2D eigenvalue weighted by Gasteiger charge is -2.33. The fraction of sp³-hybridized carbons (Fsp3) is 0.562. The summed E-state index contributed by atoms with van der Waals surface area (Å²) in [5.74, 6) is -2.38. The number of likely N-dealkylation sites (tertiary alicyclic amines) is 2. The van der Waals surface area contributed by atoms with Crippen molar-refractivity contribution in [1.29, 1.82) is 0 Å². The summed E-state index contributed by atoms with van der Waals surface area (Å²) in [4.78, 5) is 16.6. The molecule has 114 valence electrons. The van der Waals surface area contributed by atoms with Crippen LogP contribution in [-0.4, -0.2) is 47.9 Å². The molecule has 1 aromatic carbocycles. The Morgan fingerprint density at radius 2 is 1.86 bits per heavy atom. The Kier molecular flexibility index (Phi) is 3.93. The van der Waals surface area contributed by atoms with Gasteiger partial charge < -0.3 is 9.80 Å². The molecule has 0 aromatic heterocycles. The van der Waals surface area contributed by atoms with Gasteiger partial charge in [-0.25, -0.2) is 8.78 Å². The number of amides is 1. The molecule has 2 heterocycles. The van der Waals surface area contributed by atoms with Gasteiger partial charge in [-0.05, 0) is 51.4 Å². The Morgan fingerprint density at radius 1 is 1.14 bits per heavy atom. The molecular formula is C16H20F2N2O. The number of rotatable bonds is 2. The predicted molar refractivity (Wildman–Crippen MR) is 76.1 cm³/mol. The number of hydrogen-bond acceptors (Lipinski definition) is 2. The quantitative estimate of drug-likeness (QED) is 0.837. The van der Waals surface area contributed by atoms with Gasteiger partial charge in [0, 0.05) is 18.6 Å². The van der Waals surface area contributed by atoms with Gasteiger partial charge in [0.25, 0.3) is 5.91 Å². The minimum atomic E-state index is -1.03. The van der Waals surface area contributed by atoms with Crippen molar-refractivity contribution in [2.45, 2.75) is 37.8 Å². The van der Waals surface area contributed by atoms with E-state index in [1.54, 1.807) is 4.90 Å². The molecular weight excluding hydrogens is 274 g/mol. The molecule has 0 spiro atoms. The lowest BCUT2D eigenvalue weighted by atomic mass is 10.0. The molecule has 0 bridgehead atoms. The molecule has 5 heteroatoms. The number of hydrogen-bond donors (Lipinski definition) is 0. The first-order valence-corrected chi connectivity index (χ1v) is 7.55. The Labute approximate surface area is 123 Å². The third kappa shape index (κ3) is 2.55. The second kappa shape index (κ2) is 5.72. The van der Waals surface area contributed by atoms with Crippen LogP contribution < -0.4 is 0 Å². The molecule has 3 nitrogen and oxygen atoms in total. The van der Waals surface area contributed by atoms with E-state index in [2.05, 4.69) is 11.9 Å². The summed E-state index contributed by atoms with van der Waals surface area (Å²) in [5.41, 5.74) is -0.150. The highest BCUT2D eigenvalue weighted by atomic mass is 19.2. The number of carbonyl (C=O) groups excluding carboxylic acids is 1. The second-order valence-corrected chi connectivity index (χ2v) is 6.00. The molecule has 0 N–H and O–H groups in total. The largest absolute Gasteiger partial charge is 0.334 e. The molecule has 2 fully saturated rings. The van der Waals surface area contributed by atoms with Crippen LogP contribution in [0.3, 0.4) is 0 Å². The van der Waals surface area contributed by atoms with E-state index in [9.17, 15) is 13.6 Å². The van der Waals surface area contributed by atoms with Crippen LogP contribution in [0.4, 0.5) is 8.78 Å². The van der Waals surface area contributed by atoms with Crippen molar-refractivity contribution in [3.63, 3.8) is 0 Å². The normalized spacial score (nSPS) is 26.5. The molecule has 21 heavy (non-hydrogen) atoms. The molecule has 1 amide bonds. The van der Waals surface area contributed by atoms with Gasteiger partial charge in [-0.1, -0.05) is 6.07 Å². The van der Waals surface area contributed by atoms with Gasteiger partial charge in [0.1, 0.15) is 0 Å².